The van der Waals surface area contributed by atoms with Crippen LogP contribution >= 0.6 is 22.7 Å². The molecule has 0 atom stereocenters. The number of nitrogens with zero attached hydrogens (tertiary/aromatic N) is 3. The number of aromatic nitrogens is 3. The molecule has 0 radical (unpaired) electrons. The van der Waals surface area contributed by atoms with E-state index in [2.05, 4.69) is 71.1 Å². The van der Waals surface area contributed by atoms with Gasteiger partial charge < -0.3 is 9.67 Å². The van der Waals surface area contributed by atoms with Crippen LogP contribution in [-0.4, -0.2) is 25.6 Å². The average molecular weight is 592 g/mol. The van der Waals surface area contributed by atoms with Gasteiger partial charge in [0.05, 0.1) is 42.7 Å². The summed E-state index contributed by atoms with van der Waals surface area (Å²) in [6.07, 6.45) is 5.98. The number of aromatic carboxylic acids is 1. The Morgan fingerprint density at radius 1 is 0.952 bits per heavy atom. The van der Waals surface area contributed by atoms with Gasteiger partial charge in [0.2, 0.25) is 0 Å². The predicted octanol–water partition coefficient (Wildman–Crippen LogP) is 9.76. The van der Waals surface area contributed by atoms with Crippen LogP contribution in [0.1, 0.15) is 75.1 Å². The molecule has 42 heavy (non-hydrogen) atoms. The third-order valence-corrected chi connectivity index (χ3v) is 10.8. The molecule has 1 fully saturated rings. The monoisotopic (exact) mass is 591 g/mol. The molecule has 6 aromatic rings. The van der Waals surface area contributed by atoms with Crippen LogP contribution in [0.25, 0.3) is 42.9 Å². The van der Waals surface area contributed by atoms with E-state index in [1.807, 2.05) is 19.9 Å². The highest BCUT2D eigenvalue weighted by Crippen LogP contribution is 2.47. The molecule has 4 aromatic heterocycles. The summed E-state index contributed by atoms with van der Waals surface area (Å²) in [6.45, 7) is 6.89. The van der Waals surface area contributed by atoms with E-state index in [4.69, 9.17) is 4.98 Å². The van der Waals surface area contributed by atoms with Gasteiger partial charge in [-0.25, -0.2) is 14.8 Å². The second-order valence-corrected chi connectivity index (χ2v) is 13.8. The van der Waals surface area contributed by atoms with Crippen molar-refractivity contribution in [1.29, 1.82) is 0 Å². The lowest BCUT2D eigenvalue weighted by Gasteiger charge is -2.24. The van der Waals surface area contributed by atoms with E-state index in [0.29, 0.717) is 17.3 Å². The molecule has 7 heteroatoms. The number of rotatable bonds is 6. The minimum atomic E-state index is -0.853. The Morgan fingerprint density at radius 3 is 2.52 bits per heavy atom. The highest BCUT2D eigenvalue weighted by atomic mass is 32.1. The van der Waals surface area contributed by atoms with Crippen molar-refractivity contribution >= 4 is 49.8 Å². The number of aryl methyl sites for hydroxylation is 3. The smallest absolute Gasteiger partial charge is 0.345 e. The molecule has 5 nitrogen and oxygen atoms in total. The number of fused-ring (bicyclic) bond motifs is 2. The molecule has 1 N–H and O–H groups in total. The number of pyridine rings is 1. The van der Waals surface area contributed by atoms with Crippen molar-refractivity contribution in [2.24, 2.45) is 0 Å². The zero-order valence-corrected chi connectivity index (χ0v) is 25.7. The van der Waals surface area contributed by atoms with E-state index in [-0.39, 0.29) is 0 Å². The number of hydrogen-bond acceptors (Lipinski definition) is 5. The molecule has 0 aliphatic heterocycles. The van der Waals surface area contributed by atoms with Crippen molar-refractivity contribution in [3.8, 4) is 21.8 Å². The molecule has 0 amide bonds. The maximum atomic E-state index is 12.1. The first-order valence-corrected chi connectivity index (χ1v) is 16.3. The van der Waals surface area contributed by atoms with E-state index < -0.39 is 5.97 Å². The summed E-state index contributed by atoms with van der Waals surface area (Å²) in [5.41, 5.74) is 10.1. The second kappa shape index (κ2) is 10.8. The van der Waals surface area contributed by atoms with E-state index in [1.54, 1.807) is 11.3 Å². The van der Waals surface area contributed by atoms with Crippen LogP contribution in [0, 0.1) is 20.8 Å². The standard InChI is InChI=1S/C35H33N3O2S2/c1-20-8-7-9-23(16-20)19-38-29-18-30(35(39)40)42-34(29)31(24-10-5-4-6-11-24)32(38)26-13-14-27-25(17-26)12-15-28(37-27)33-21(2)36-22(3)41-33/h7-9,12-18,24H,4-6,10-11,19H2,1-3H3,(H,39,40). The van der Waals surface area contributed by atoms with Crippen LogP contribution in [-0.2, 0) is 6.54 Å². The first-order valence-electron chi connectivity index (χ1n) is 14.7. The topological polar surface area (TPSA) is 68.0 Å². The van der Waals surface area contributed by atoms with E-state index in [9.17, 15) is 9.90 Å². The second-order valence-electron chi connectivity index (χ2n) is 11.6. The fourth-order valence-electron chi connectivity index (χ4n) is 6.66. The molecule has 212 valence electrons. The van der Waals surface area contributed by atoms with Crippen molar-refractivity contribution in [3.63, 3.8) is 0 Å². The summed E-state index contributed by atoms with van der Waals surface area (Å²) in [4.78, 5) is 23.3. The van der Waals surface area contributed by atoms with Crippen molar-refractivity contribution < 1.29 is 9.90 Å². The third kappa shape index (κ3) is 4.84. The summed E-state index contributed by atoms with van der Waals surface area (Å²) in [6, 6.07) is 21.4. The molecule has 1 aliphatic carbocycles. The largest absolute Gasteiger partial charge is 0.477 e. The lowest BCUT2D eigenvalue weighted by Crippen LogP contribution is -2.08. The fraction of sp³-hybridized carbons (Fsp3) is 0.286. The zero-order valence-electron chi connectivity index (χ0n) is 24.1. The van der Waals surface area contributed by atoms with Gasteiger partial charge in [0.15, 0.2) is 0 Å². The highest BCUT2D eigenvalue weighted by Gasteiger charge is 2.29. The van der Waals surface area contributed by atoms with Gasteiger partial charge in [0.1, 0.15) is 4.88 Å². The van der Waals surface area contributed by atoms with Gasteiger partial charge in [-0.05, 0) is 80.5 Å². The molecule has 7 rings (SSSR count). The van der Waals surface area contributed by atoms with Crippen LogP contribution in [0.5, 0.6) is 0 Å². The van der Waals surface area contributed by atoms with Gasteiger partial charge in [0, 0.05) is 11.9 Å². The molecular weight excluding hydrogens is 559 g/mol. The average Bonchev–Trinajstić information content (AvgIpc) is 3.65. The summed E-state index contributed by atoms with van der Waals surface area (Å²) in [5, 5.41) is 12.1. The van der Waals surface area contributed by atoms with Gasteiger partial charge in [-0.1, -0.05) is 61.2 Å². The Kier molecular flexibility index (Phi) is 6.95. The lowest BCUT2D eigenvalue weighted by molar-refractivity contribution is 0.0702. The lowest BCUT2D eigenvalue weighted by atomic mass is 9.83. The van der Waals surface area contributed by atoms with E-state index in [0.717, 1.165) is 60.8 Å². The minimum absolute atomic E-state index is 0.408. The molecular formula is C35H33N3O2S2. The molecule has 0 spiro atoms. The maximum Gasteiger partial charge on any atom is 0.345 e. The summed E-state index contributed by atoms with van der Waals surface area (Å²) < 4.78 is 3.51. The van der Waals surface area contributed by atoms with Gasteiger partial charge in [-0.2, -0.15) is 0 Å². The van der Waals surface area contributed by atoms with Crippen molar-refractivity contribution in [2.75, 3.05) is 0 Å². The van der Waals surface area contributed by atoms with Crippen LogP contribution in [0.2, 0.25) is 0 Å². The van der Waals surface area contributed by atoms with E-state index in [1.165, 1.54) is 53.0 Å². The SMILES string of the molecule is Cc1cccc(Cn2c(-c3ccc4nc(-c5sc(C)nc5C)ccc4c3)c(C3CCCCC3)c3sc(C(=O)O)cc32)c1. The molecule has 0 bridgehead atoms. The molecule has 1 saturated carbocycles. The quantitative estimate of drug-likeness (QED) is 0.209. The Bertz CT molecular complexity index is 1970. The van der Waals surface area contributed by atoms with Crippen LogP contribution in [0.15, 0.2) is 60.7 Å². The van der Waals surface area contributed by atoms with Gasteiger partial charge in [-0.15, -0.1) is 22.7 Å². The summed E-state index contributed by atoms with van der Waals surface area (Å²) in [5.74, 6) is -0.433. The number of hydrogen-bond donors (Lipinski definition) is 1. The van der Waals surface area contributed by atoms with Crippen molar-refractivity contribution in [2.45, 2.75) is 65.3 Å². The van der Waals surface area contributed by atoms with Gasteiger partial charge in [-0.3, -0.25) is 0 Å². The van der Waals surface area contributed by atoms with E-state index >= 15 is 0 Å². The number of carboxylic acids is 1. The summed E-state index contributed by atoms with van der Waals surface area (Å²) >= 11 is 3.12. The fourth-order valence-corrected chi connectivity index (χ4v) is 8.67. The Hall–Kier alpha value is -3.81. The molecule has 0 unspecified atom stereocenters. The first-order chi connectivity index (χ1) is 20.4. The Morgan fingerprint density at radius 2 is 1.79 bits per heavy atom. The number of carbonyl (C=O) groups is 1. The van der Waals surface area contributed by atoms with Crippen LogP contribution in [0.4, 0.5) is 0 Å². The van der Waals surface area contributed by atoms with Crippen molar-refractivity contribution in [1.82, 2.24) is 14.5 Å². The zero-order chi connectivity index (χ0) is 29.0. The van der Waals surface area contributed by atoms with Crippen LogP contribution < -0.4 is 0 Å². The molecule has 4 heterocycles. The van der Waals surface area contributed by atoms with Gasteiger partial charge in [0.25, 0.3) is 0 Å². The Balaban J connectivity index is 1.43. The Labute approximate surface area is 253 Å². The number of thiazole rings is 1. The summed E-state index contributed by atoms with van der Waals surface area (Å²) in [7, 11) is 0. The van der Waals surface area contributed by atoms with Gasteiger partial charge >= 0.3 is 5.97 Å². The van der Waals surface area contributed by atoms with Crippen LogP contribution in [0.3, 0.4) is 0 Å². The first kappa shape index (κ1) is 27.0. The molecule has 0 saturated heterocycles. The normalized spacial score (nSPS) is 14.3. The predicted molar refractivity (Wildman–Crippen MR) is 174 cm³/mol. The highest BCUT2D eigenvalue weighted by molar-refractivity contribution is 7.21. The minimum Gasteiger partial charge on any atom is -0.477 e. The third-order valence-electron chi connectivity index (χ3n) is 8.52. The number of carboxylic acid groups (broad SMARTS) is 1. The molecule has 1 aliphatic rings. The number of thiophene rings is 1. The van der Waals surface area contributed by atoms with Crippen molar-refractivity contribution in [3.05, 3.63) is 92.9 Å². The maximum absolute atomic E-state index is 12.1. The number of benzene rings is 2. The molecule has 2 aromatic carbocycles.